The molecule has 0 heterocycles. The van der Waals surface area contributed by atoms with Gasteiger partial charge >= 0.3 is 6.03 Å². The van der Waals surface area contributed by atoms with Crippen LogP contribution in [0.5, 0.6) is 0 Å². The van der Waals surface area contributed by atoms with Gasteiger partial charge < -0.3 is 15.5 Å². The lowest BCUT2D eigenvalue weighted by Gasteiger charge is -2.10. The van der Waals surface area contributed by atoms with Crippen molar-refractivity contribution in [3.8, 4) is 0 Å². The molecular weight excluding hydrogens is 238 g/mol. The predicted molar refractivity (Wildman–Crippen MR) is 79.5 cm³/mol. The Morgan fingerprint density at radius 3 is 2.37 bits per heavy atom. The van der Waals surface area contributed by atoms with E-state index in [1.54, 1.807) is 0 Å². The highest BCUT2D eigenvalue weighted by Gasteiger charge is 1.99. The Hall–Kier alpha value is -1.55. The van der Waals surface area contributed by atoms with Crippen LogP contribution in [0, 0.1) is 6.92 Å². The first-order valence-electron chi connectivity index (χ1n) is 6.80. The van der Waals surface area contributed by atoms with Crippen molar-refractivity contribution in [2.24, 2.45) is 0 Å². The van der Waals surface area contributed by atoms with E-state index in [2.05, 4.69) is 46.7 Å². The molecule has 0 saturated carbocycles. The van der Waals surface area contributed by atoms with Crippen LogP contribution in [0.3, 0.4) is 0 Å². The summed E-state index contributed by atoms with van der Waals surface area (Å²) in [6.07, 6.45) is 1.84. The lowest BCUT2D eigenvalue weighted by molar-refractivity contribution is 0.240. The molecule has 0 atom stereocenters. The van der Waals surface area contributed by atoms with E-state index in [0.717, 1.165) is 19.4 Å². The van der Waals surface area contributed by atoms with Crippen molar-refractivity contribution < 1.29 is 4.79 Å². The van der Waals surface area contributed by atoms with Gasteiger partial charge in [-0.3, -0.25) is 0 Å². The summed E-state index contributed by atoms with van der Waals surface area (Å²) in [7, 11) is 4.06. The summed E-state index contributed by atoms with van der Waals surface area (Å²) in [5.41, 5.74) is 2.51. The van der Waals surface area contributed by atoms with E-state index in [0.29, 0.717) is 13.1 Å². The monoisotopic (exact) mass is 263 g/mol. The molecule has 2 N–H and O–H groups in total. The number of hydrogen-bond donors (Lipinski definition) is 2. The number of aryl methyl sites for hydroxylation is 1. The van der Waals surface area contributed by atoms with E-state index < -0.39 is 0 Å². The number of amides is 2. The van der Waals surface area contributed by atoms with E-state index in [9.17, 15) is 4.79 Å². The van der Waals surface area contributed by atoms with Crippen LogP contribution in [0.2, 0.25) is 0 Å². The first-order chi connectivity index (χ1) is 9.08. The fourth-order valence-corrected chi connectivity index (χ4v) is 1.73. The largest absolute Gasteiger partial charge is 0.338 e. The zero-order valence-electron chi connectivity index (χ0n) is 12.2. The molecule has 0 unspecified atom stereocenters. The van der Waals surface area contributed by atoms with Gasteiger partial charge in [0.2, 0.25) is 0 Å². The molecule has 0 fully saturated rings. The fourth-order valence-electron chi connectivity index (χ4n) is 1.73. The normalized spacial score (nSPS) is 10.5. The molecule has 2 amide bonds. The maximum Gasteiger partial charge on any atom is 0.314 e. The van der Waals surface area contributed by atoms with Crippen molar-refractivity contribution in [3.05, 3.63) is 35.4 Å². The lowest BCUT2D eigenvalue weighted by atomic mass is 10.1. The first-order valence-corrected chi connectivity index (χ1v) is 6.80. The Labute approximate surface area is 116 Å². The van der Waals surface area contributed by atoms with Crippen LogP contribution in [0.25, 0.3) is 0 Å². The van der Waals surface area contributed by atoms with E-state index in [4.69, 9.17) is 0 Å². The van der Waals surface area contributed by atoms with E-state index >= 15 is 0 Å². The van der Waals surface area contributed by atoms with Crippen molar-refractivity contribution in [1.82, 2.24) is 15.5 Å². The van der Waals surface area contributed by atoms with Gasteiger partial charge in [-0.05, 0) is 46.0 Å². The quantitative estimate of drug-likeness (QED) is 0.737. The second kappa shape index (κ2) is 8.53. The summed E-state index contributed by atoms with van der Waals surface area (Å²) in [5, 5.41) is 5.73. The number of nitrogens with zero attached hydrogens (tertiary/aromatic N) is 1. The standard InChI is InChI=1S/C15H25N3O/c1-13-5-7-14(8-6-13)9-11-17-15(19)16-10-4-12-18(2)3/h5-8H,4,9-12H2,1-3H3,(H2,16,17,19). The number of benzene rings is 1. The number of urea groups is 1. The second-order valence-corrected chi connectivity index (χ2v) is 5.08. The highest BCUT2D eigenvalue weighted by molar-refractivity contribution is 5.73. The summed E-state index contributed by atoms with van der Waals surface area (Å²) in [6.45, 7) is 4.45. The average molecular weight is 263 g/mol. The molecule has 1 aromatic carbocycles. The first kappa shape index (κ1) is 15.5. The Morgan fingerprint density at radius 2 is 1.74 bits per heavy atom. The Balaban J connectivity index is 2.08. The Kier molecular flexibility index (Phi) is 6.97. The van der Waals surface area contributed by atoms with E-state index in [1.165, 1.54) is 11.1 Å². The summed E-state index contributed by atoms with van der Waals surface area (Å²) in [5.74, 6) is 0. The molecule has 0 aliphatic carbocycles. The van der Waals surface area contributed by atoms with Gasteiger partial charge in [0, 0.05) is 13.1 Å². The van der Waals surface area contributed by atoms with Crippen LogP contribution < -0.4 is 10.6 Å². The molecule has 0 aliphatic heterocycles. The summed E-state index contributed by atoms with van der Waals surface area (Å²) < 4.78 is 0. The molecule has 1 rings (SSSR count). The number of hydrogen-bond acceptors (Lipinski definition) is 2. The minimum absolute atomic E-state index is 0.0779. The van der Waals surface area contributed by atoms with Gasteiger partial charge in [0.25, 0.3) is 0 Å². The Bertz CT molecular complexity index is 373. The molecule has 0 saturated heterocycles. The number of rotatable bonds is 7. The SMILES string of the molecule is Cc1ccc(CCNC(=O)NCCCN(C)C)cc1. The maximum atomic E-state index is 11.5. The third-order valence-electron chi connectivity index (χ3n) is 2.89. The average Bonchev–Trinajstić information content (AvgIpc) is 2.37. The third kappa shape index (κ3) is 7.47. The third-order valence-corrected chi connectivity index (χ3v) is 2.89. The van der Waals surface area contributed by atoms with Crippen LogP contribution in [0.1, 0.15) is 17.5 Å². The van der Waals surface area contributed by atoms with Crippen LogP contribution in [-0.2, 0) is 6.42 Å². The summed E-state index contributed by atoms with van der Waals surface area (Å²) >= 11 is 0. The van der Waals surface area contributed by atoms with E-state index in [1.807, 2.05) is 14.1 Å². The fraction of sp³-hybridized carbons (Fsp3) is 0.533. The number of carbonyl (C=O) groups excluding carboxylic acids is 1. The van der Waals surface area contributed by atoms with Crippen molar-refractivity contribution in [3.63, 3.8) is 0 Å². The van der Waals surface area contributed by atoms with E-state index in [-0.39, 0.29) is 6.03 Å². The molecule has 0 aliphatic rings. The highest BCUT2D eigenvalue weighted by atomic mass is 16.2. The Morgan fingerprint density at radius 1 is 1.11 bits per heavy atom. The van der Waals surface area contributed by atoms with Crippen LogP contribution in [-0.4, -0.2) is 44.7 Å². The van der Waals surface area contributed by atoms with Crippen molar-refractivity contribution in [2.45, 2.75) is 19.8 Å². The van der Waals surface area contributed by atoms with Gasteiger partial charge in [-0.2, -0.15) is 0 Å². The maximum absolute atomic E-state index is 11.5. The van der Waals surface area contributed by atoms with Crippen LogP contribution >= 0.6 is 0 Å². The molecule has 4 heteroatoms. The van der Waals surface area contributed by atoms with Gasteiger partial charge in [0.15, 0.2) is 0 Å². The second-order valence-electron chi connectivity index (χ2n) is 5.08. The zero-order valence-corrected chi connectivity index (χ0v) is 12.2. The predicted octanol–water partition coefficient (Wildman–Crippen LogP) is 1.79. The molecule has 106 valence electrons. The smallest absolute Gasteiger partial charge is 0.314 e. The minimum Gasteiger partial charge on any atom is -0.338 e. The van der Waals surface area contributed by atoms with Gasteiger partial charge in [-0.15, -0.1) is 0 Å². The topological polar surface area (TPSA) is 44.4 Å². The number of nitrogens with one attached hydrogen (secondary N) is 2. The summed E-state index contributed by atoms with van der Waals surface area (Å²) in [4.78, 5) is 13.6. The van der Waals surface area contributed by atoms with Crippen molar-refractivity contribution in [1.29, 1.82) is 0 Å². The molecular formula is C15H25N3O. The van der Waals surface area contributed by atoms with Gasteiger partial charge in [0.05, 0.1) is 0 Å². The van der Waals surface area contributed by atoms with Crippen molar-refractivity contribution in [2.75, 3.05) is 33.7 Å². The zero-order chi connectivity index (χ0) is 14.1. The van der Waals surface area contributed by atoms with Crippen LogP contribution in [0.15, 0.2) is 24.3 Å². The molecule has 19 heavy (non-hydrogen) atoms. The molecule has 0 radical (unpaired) electrons. The molecule has 4 nitrogen and oxygen atoms in total. The lowest BCUT2D eigenvalue weighted by Crippen LogP contribution is -2.37. The number of carbonyl (C=O) groups is 1. The van der Waals surface area contributed by atoms with Gasteiger partial charge in [-0.1, -0.05) is 29.8 Å². The summed E-state index contributed by atoms with van der Waals surface area (Å²) in [6, 6.07) is 8.32. The van der Waals surface area contributed by atoms with Gasteiger partial charge in [0.1, 0.15) is 0 Å². The molecule has 0 aromatic heterocycles. The van der Waals surface area contributed by atoms with Crippen LogP contribution in [0.4, 0.5) is 4.79 Å². The molecule has 0 spiro atoms. The molecule has 1 aromatic rings. The van der Waals surface area contributed by atoms with Gasteiger partial charge in [-0.25, -0.2) is 4.79 Å². The minimum atomic E-state index is -0.0779. The van der Waals surface area contributed by atoms with Crippen molar-refractivity contribution >= 4 is 6.03 Å². The molecule has 0 bridgehead atoms. The highest BCUT2D eigenvalue weighted by Crippen LogP contribution is 2.02.